The van der Waals surface area contributed by atoms with E-state index in [1.807, 2.05) is 4.90 Å². The molecule has 0 amide bonds. The van der Waals surface area contributed by atoms with Crippen molar-refractivity contribution in [2.75, 3.05) is 11.4 Å². The summed E-state index contributed by atoms with van der Waals surface area (Å²) in [4.78, 5) is 9.01. The highest BCUT2D eigenvalue weighted by Crippen LogP contribution is 2.37. The largest absolute Gasteiger partial charge is 0.488 e. The molecule has 0 bridgehead atoms. The molecule has 0 radical (unpaired) electrons. The van der Waals surface area contributed by atoms with Gasteiger partial charge >= 0.3 is 0 Å². The number of nitrogens with two attached hydrogens (primary N) is 2. The third-order valence-corrected chi connectivity index (χ3v) is 7.25. The van der Waals surface area contributed by atoms with E-state index in [-0.39, 0.29) is 17.8 Å². The van der Waals surface area contributed by atoms with E-state index in [4.69, 9.17) is 16.2 Å². The molecule has 0 spiro atoms. The number of para-hydroxylation sites is 1. The van der Waals surface area contributed by atoms with Gasteiger partial charge in [0.2, 0.25) is 0 Å². The Hall–Kier alpha value is -3.52. The van der Waals surface area contributed by atoms with Crippen molar-refractivity contribution < 1.29 is 4.74 Å². The highest BCUT2D eigenvalue weighted by atomic mass is 16.5. The van der Waals surface area contributed by atoms with E-state index < -0.39 is 0 Å². The van der Waals surface area contributed by atoms with Gasteiger partial charge in [-0.15, -0.1) is 0 Å². The van der Waals surface area contributed by atoms with Crippen LogP contribution in [0.25, 0.3) is 0 Å². The molecule has 176 valence electrons. The summed E-state index contributed by atoms with van der Waals surface area (Å²) in [6, 6.07) is 15.3. The number of anilines is 1. The SMILES string of the molecule is CC1(C)CCc2cc(CN3CC(N4C(N)=Nc5[nH]ncc5C4N)Cc4ccccc43)ccc2O1. The fourth-order valence-corrected chi connectivity index (χ4v) is 5.50. The van der Waals surface area contributed by atoms with Crippen LogP contribution in [0.15, 0.2) is 53.7 Å². The van der Waals surface area contributed by atoms with Crippen LogP contribution in [0.5, 0.6) is 5.75 Å². The molecular weight excluding hydrogens is 426 g/mol. The first-order valence-corrected chi connectivity index (χ1v) is 11.9. The highest BCUT2D eigenvalue weighted by molar-refractivity contribution is 5.84. The number of benzene rings is 2. The molecule has 2 atom stereocenters. The molecule has 2 unspecified atom stereocenters. The van der Waals surface area contributed by atoms with Gasteiger partial charge < -0.3 is 26.0 Å². The molecule has 1 aromatic heterocycles. The molecule has 8 nitrogen and oxygen atoms in total. The van der Waals surface area contributed by atoms with Crippen LogP contribution in [0.3, 0.4) is 0 Å². The fraction of sp³-hybridized carbons (Fsp3) is 0.385. The molecule has 3 aliphatic heterocycles. The number of hydrogen-bond donors (Lipinski definition) is 3. The summed E-state index contributed by atoms with van der Waals surface area (Å²) < 4.78 is 6.19. The van der Waals surface area contributed by atoms with Gasteiger partial charge in [-0.1, -0.05) is 30.3 Å². The van der Waals surface area contributed by atoms with Crippen LogP contribution in [0.2, 0.25) is 0 Å². The second-order valence-electron chi connectivity index (χ2n) is 10.2. The Balaban J connectivity index is 1.29. The molecular formula is C26H31N7O. The molecule has 6 rings (SSSR count). The maximum atomic E-state index is 6.65. The first kappa shape index (κ1) is 21.0. The van der Waals surface area contributed by atoms with Crippen LogP contribution < -0.4 is 21.1 Å². The highest BCUT2D eigenvalue weighted by Gasteiger charge is 2.36. The molecule has 3 aliphatic rings. The van der Waals surface area contributed by atoms with Gasteiger partial charge in [0, 0.05) is 18.8 Å². The minimum atomic E-state index is -0.382. The van der Waals surface area contributed by atoms with Crippen molar-refractivity contribution in [3.8, 4) is 5.75 Å². The summed E-state index contributed by atoms with van der Waals surface area (Å²) in [6.07, 6.45) is 4.29. The normalized spacial score (nSPS) is 22.9. The molecule has 4 heterocycles. The number of H-pyrrole nitrogens is 1. The van der Waals surface area contributed by atoms with Crippen molar-refractivity contribution in [2.45, 2.75) is 57.5 Å². The van der Waals surface area contributed by atoms with E-state index in [0.717, 1.165) is 43.7 Å². The molecule has 34 heavy (non-hydrogen) atoms. The minimum absolute atomic E-state index is 0.0958. The second-order valence-corrected chi connectivity index (χ2v) is 10.2. The number of hydrogen-bond acceptors (Lipinski definition) is 7. The lowest BCUT2D eigenvalue weighted by atomic mass is 9.92. The van der Waals surface area contributed by atoms with E-state index in [2.05, 4.69) is 76.4 Å². The molecule has 2 aromatic carbocycles. The smallest absolute Gasteiger partial charge is 0.199 e. The van der Waals surface area contributed by atoms with E-state index in [1.54, 1.807) is 6.20 Å². The summed E-state index contributed by atoms with van der Waals surface area (Å²) in [5.74, 6) is 2.09. The van der Waals surface area contributed by atoms with Crippen molar-refractivity contribution in [1.82, 2.24) is 15.1 Å². The van der Waals surface area contributed by atoms with Gasteiger partial charge in [-0.25, -0.2) is 0 Å². The molecule has 5 N–H and O–H groups in total. The van der Waals surface area contributed by atoms with Crippen molar-refractivity contribution in [3.63, 3.8) is 0 Å². The summed E-state index contributed by atoms with van der Waals surface area (Å²) in [5.41, 5.74) is 18.9. The third kappa shape index (κ3) is 3.58. The van der Waals surface area contributed by atoms with Crippen molar-refractivity contribution in [3.05, 3.63) is 70.9 Å². The average molecular weight is 458 g/mol. The maximum absolute atomic E-state index is 6.65. The molecule has 0 saturated carbocycles. The quantitative estimate of drug-likeness (QED) is 0.556. The van der Waals surface area contributed by atoms with E-state index in [0.29, 0.717) is 11.8 Å². The Kier molecular flexibility index (Phi) is 4.81. The number of aromatic amines is 1. The van der Waals surface area contributed by atoms with Gasteiger partial charge in [-0.05, 0) is 61.9 Å². The van der Waals surface area contributed by atoms with Crippen molar-refractivity contribution in [1.29, 1.82) is 0 Å². The van der Waals surface area contributed by atoms with Crippen molar-refractivity contribution in [2.24, 2.45) is 16.5 Å². The zero-order valence-electron chi connectivity index (χ0n) is 19.7. The Labute approximate surface area is 199 Å². The van der Waals surface area contributed by atoms with E-state index in [9.17, 15) is 0 Å². The third-order valence-electron chi connectivity index (χ3n) is 7.25. The van der Waals surface area contributed by atoms with Crippen LogP contribution in [0.4, 0.5) is 11.5 Å². The van der Waals surface area contributed by atoms with Gasteiger partial charge in [-0.2, -0.15) is 10.1 Å². The van der Waals surface area contributed by atoms with Crippen LogP contribution in [0, 0.1) is 0 Å². The van der Waals surface area contributed by atoms with E-state index in [1.165, 1.54) is 22.4 Å². The number of aryl methyl sites for hydroxylation is 1. The van der Waals surface area contributed by atoms with Gasteiger partial charge in [0.1, 0.15) is 17.5 Å². The number of rotatable bonds is 3. The van der Waals surface area contributed by atoms with Gasteiger partial charge in [0.25, 0.3) is 0 Å². The standard InChI is InChI=1S/C26H31N7O/c1-26(2)10-9-18-11-16(7-8-22(18)34-26)14-32-15-19(12-17-5-3-4-6-21(17)32)33-23(27)20-13-29-31-24(20)30-25(33)28/h3-8,11,13,19,23H,9-10,12,14-15,27H2,1-2H3,(H3,28,29,30,31). The Morgan fingerprint density at radius 1 is 1.18 bits per heavy atom. The number of fused-ring (bicyclic) bond motifs is 3. The summed E-state index contributed by atoms with van der Waals surface area (Å²) >= 11 is 0. The summed E-state index contributed by atoms with van der Waals surface area (Å²) in [6.45, 7) is 5.92. The first-order valence-electron chi connectivity index (χ1n) is 11.9. The maximum Gasteiger partial charge on any atom is 0.199 e. The predicted molar refractivity (Wildman–Crippen MR) is 133 cm³/mol. The van der Waals surface area contributed by atoms with Crippen molar-refractivity contribution >= 4 is 17.5 Å². The van der Waals surface area contributed by atoms with Gasteiger partial charge in [0.05, 0.1) is 17.8 Å². The number of guanidine groups is 1. The molecule has 0 aliphatic carbocycles. The topological polar surface area (TPSA) is 109 Å². The molecule has 8 heteroatoms. The van der Waals surface area contributed by atoms with Gasteiger partial charge in [-0.3, -0.25) is 5.10 Å². The average Bonchev–Trinajstić information content (AvgIpc) is 3.27. The zero-order valence-corrected chi connectivity index (χ0v) is 19.7. The number of aromatic nitrogens is 2. The number of nitrogens with one attached hydrogen (secondary N) is 1. The molecule has 3 aromatic rings. The number of ether oxygens (including phenoxy) is 1. The second kappa shape index (κ2) is 7.77. The van der Waals surface area contributed by atoms with Gasteiger partial charge in [0.15, 0.2) is 11.8 Å². The lowest BCUT2D eigenvalue weighted by Crippen LogP contribution is -2.56. The number of aliphatic imine (C=N–C) groups is 1. The minimum Gasteiger partial charge on any atom is -0.488 e. The first-order chi connectivity index (χ1) is 16.4. The zero-order chi connectivity index (χ0) is 23.4. The monoisotopic (exact) mass is 457 g/mol. The predicted octanol–water partition coefficient (Wildman–Crippen LogP) is 3.36. The Morgan fingerprint density at radius 3 is 2.91 bits per heavy atom. The molecule has 0 saturated heterocycles. The number of nitrogens with zero attached hydrogens (tertiary/aromatic N) is 4. The summed E-state index contributed by atoms with van der Waals surface area (Å²) in [5, 5.41) is 6.99. The van der Waals surface area contributed by atoms with E-state index >= 15 is 0 Å². The summed E-state index contributed by atoms with van der Waals surface area (Å²) in [7, 11) is 0. The Bertz CT molecular complexity index is 1260. The lowest BCUT2D eigenvalue weighted by Gasteiger charge is -2.45. The lowest BCUT2D eigenvalue weighted by molar-refractivity contribution is 0.0846. The van der Waals surface area contributed by atoms with Crippen LogP contribution in [-0.2, 0) is 19.4 Å². The molecule has 0 fully saturated rings. The Morgan fingerprint density at radius 2 is 2.03 bits per heavy atom. The van der Waals surface area contributed by atoms with Crippen LogP contribution in [0.1, 0.15) is 48.7 Å². The van der Waals surface area contributed by atoms with Crippen LogP contribution >= 0.6 is 0 Å². The van der Waals surface area contributed by atoms with Crippen LogP contribution in [-0.4, -0.2) is 39.2 Å². The fourth-order valence-electron chi connectivity index (χ4n) is 5.50.